The molecular formula is C12H17NO. The Morgan fingerprint density at radius 1 is 1.50 bits per heavy atom. The molecule has 0 spiro atoms. The quantitative estimate of drug-likeness (QED) is 0.714. The van der Waals surface area contributed by atoms with E-state index in [0.29, 0.717) is 11.7 Å². The van der Waals surface area contributed by atoms with Crippen molar-refractivity contribution in [2.75, 3.05) is 0 Å². The van der Waals surface area contributed by atoms with E-state index in [-0.39, 0.29) is 6.04 Å². The Hall–Kier alpha value is -1.02. The van der Waals surface area contributed by atoms with Crippen molar-refractivity contribution < 1.29 is 5.11 Å². The monoisotopic (exact) mass is 191 g/mol. The summed E-state index contributed by atoms with van der Waals surface area (Å²) < 4.78 is 0. The van der Waals surface area contributed by atoms with Crippen LogP contribution in [0.4, 0.5) is 0 Å². The molecule has 0 aliphatic heterocycles. The fourth-order valence-electron chi connectivity index (χ4n) is 2.41. The standard InChI is InChI=1S/C12H17NO/c1-8(13)9-4-2-6-11-10(9)5-3-7-12(11)14/h3,5,7-9,14H,2,4,6,13H2,1H3. The second-order valence-corrected chi connectivity index (χ2v) is 4.20. The van der Waals surface area contributed by atoms with Gasteiger partial charge in [-0.2, -0.15) is 0 Å². The molecule has 2 nitrogen and oxygen atoms in total. The number of benzene rings is 1. The molecule has 14 heavy (non-hydrogen) atoms. The largest absolute Gasteiger partial charge is 0.508 e. The van der Waals surface area contributed by atoms with Gasteiger partial charge in [-0.1, -0.05) is 12.1 Å². The van der Waals surface area contributed by atoms with Gasteiger partial charge in [0.15, 0.2) is 0 Å². The predicted octanol–water partition coefficient (Wildman–Crippen LogP) is 2.16. The van der Waals surface area contributed by atoms with E-state index in [0.717, 1.165) is 24.8 Å². The maximum atomic E-state index is 9.72. The van der Waals surface area contributed by atoms with Crippen LogP contribution in [0.2, 0.25) is 0 Å². The summed E-state index contributed by atoms with van der Waals surface area (Å²) in [5.41, 5.74) is 8.32. The third kappa shape index (κ3) is 1.50. The highest BCUT2D eigenvalue weighted by molar-refractivity contribution is 5.43. The number of fused-ring (bicyclic) bond motifs is 1. The van der Waals surface area contributed by atoms with Crippen LogP contribution in [0.3, 0.4) is 0 Å². The van der Waals surface area contributed by atoms with Crippen molar-refractivity contribution >= 4 is 0 Å². The van der Waals surface area contributed by atoms with E-state index in [9.17, 15) is 5.11 Å². The molecule has 1 aromatic carbocycles. The van der Waals surface area contributed by atoms with Gasteiger partial charge in [0.05, 0.1) is 0 Å². The van der Waals surface area contributed by atoms with E-state index in [1.807, 2.05) is 13.0 Å². The van der Waals surface area contributed by atoms with Gasteiger partial charge in [0.2, 0.25) is 0 Å². The van der Waals surface area contributed by atoms with Gasteiger partial charge in [-0.15, -0.1) is 0 Å². The lowest BCUT2D eigenvalue weighted by Crippen LogP contribution is -2.27. The van der Waals surface area contributed by atoms with Crippen molar-refractivity contribution in [3.63, 3.8) is 0 Å². The van der Waals surface area contributed by atoms with Crippen LogP contribution >= 0.6 is 0 Å². The van der Waals surface area contributed by atoms with Gasteiger partial charge in [-0.25, -0.2) is 0 Å². The zero-order valence-corrected chi connectivity index (χ0v) is 8.53. The smallest absolute Gasteiger partial charge is 0.119 e. The van der Waals surface area contributed by atoms with Gasteiger partial charge < -0.3 is 10.8 Å². The molecule has 0 amide bonds. The topological polar surface area (TPSA) is 46.2 Å². The molecule has 2 rings (SSSR count). The summed E-state index contributed by atoms with van der Waals surface area (Å²) in [7, 11) is 0. The maximum Gasteiger partial charge on any atom is 0.119 e. The third-order valence-corrected chi connectivity index (χ3v) is 3.16. The first-order valence-corrected chi connectivity index (χ1v) is 5.26. The van der Waals surface area contributed by atoms with E-state index in [1.165, 1.54) is 5.56 Å². The highest BCUT2D eigenvalue weighted by Gasteiger charge is 2.24. The van der Waals surface area contributed by atoms with Gasteiger partial charge in [-0.05, 0) is 49.3 Å². The lowest BCUT2D eigenvalue weighted by molar-refractivity contribution is 0.441. The fraction of sp³-hybridized carbons (Fsp3) is 0.500. The van der Waals surface area contributed by atoms with Crippen LogP contribution in [0, 0.1) is 0 Å². The first kappa shape index (κ1) is 9.53. The number of phenols is 1. The molecule has 1 aromatic rings. The van der Waals surface area contributed by atoms with Crippen LogP contribution in [0.5, 0.6) is 5.75 Å². The van der Waals surface area contributed by atoms with Gasteiger partial charge >= 0.3 is 0 Å². The second-order valence-electron chi connectivity index (χ2n) is 4.20. The van der Waals surface area contributed by atoms with E-state index in [2.05, 4.69) is 6.07 Å². The highest BCUT2D eigenvalue weighted by Crippen LogP contribution is 2.37. The van der Waals surface area contributed by atoms with Crippen molar-refractivity contribution in [2.24, 2.45) is 5.73 Å². The van der Waals surface area contributed by atoms with Gasteiger partial charge in [-0.3, -0.25) is 0 Å². The molecule has 0 bridgehead atoms. The summed E-state index contributed by atoms with van der Waals surface area (Å²) in [6.07, 6.45) is 3.27. The van der Waals surface area contributed by atoms with Gasteiger partial charge in [0.25, 0.3) is 0 Å². The highest BCUT2D eigenvalue weighted by atomic mass is 16.3. The van der Waals surface area contributed by atoms with Gasteiger partial charge in [0.1, 0.15) is 5.75 Å². The number of aromatic hydroxyl groups is 1. The molecule has 0 fully saturated rings. The molecular weight excluding hydrogens is 174 g/mol. The molecule has 0 radical (unpaired) electrons. The van der Waals surface area contributed by atoms with Crippen molar-refractivity contribution in [2.45, 2.75) is 38.1 Å². The minimum atomic E-state index is 0.177. The lowest BCUT2D eigenvalue weighted by Gasteiger charge is -2.28. The summed E-state index contributed by atoms with van der Waals surface area (Å²) in [5.74, 6) is 0.860. The van der Waals surface area contributed by atoms with Crippen molar-refractivity contribution in [1.29, 1.82) is 0 Å². The molecule has 0 aromatic heterocycles. The van der Waals surface area contributed by atoms with Crippen molar-refractivity contribution in [3.8, 4) is 5.75 Å². The number of phenolic OH excluding ortho intramolecular Hbond substituents is 1. The Bertz CT molecular complexity index is 333. The van der Waals surface area contributed by atoms with Crippen molar-refractivity contribution in [1.82, 2.24) is 0 Å². The maximum absolute atomic E-state index is 9.72. The minimum Gasteiger partial charge on any atom is -0.508 e. The van der Waals surface area contributed by atoms with E-state index >= 15 is 0 Å². The number of hydrogen-bond donors (Lipinski definition) is 2. The predicted molar refractivity (Wildman–Crippen MR) is 57.4 cm³/mol. The molecule has 0 saturated heterocycles. The van der Waals surface area contributed by atoms with Crippen molar-refractivity contribution in [3.05, 3.63) is 29.3 Å². The first-order chi connectivity index (χ1) is 6.70. The average Bonchev–Trinajstić information content (AvgIpc) is 2.17. The van der Waals surface area contributed by atoms with Crippen LogP contribution in [0.25, 0.3) is 0 Å². The van der Waals surface area contributed by atoms with Crippen LogP contribution < -0.4 is 5.73 Å². The summed E-state index contributed by atoms with van der Waals surface area (Å²) >= 11 is 0. The molecule has 76 valence electrons. The van der Waals surface area contributed by atoms with E-state index in [1.54, 1.807) is 6.07 Å². The van der Waals surface area contributed by atoms with Crippen LogP contribution in [0.1, 0.15) is 36.8 Å². The first-order valence-electron chi connectivity index (χ1n) is 5.26. The summed E-state index contributed by atoms with van der Waals surface area (Å²) in [5, 5.41) is 9.72. The molecule has 2 heteroatoms. The third-order valence-electron chi connectivity index (χ3n) is 3.16. The minimum absolute atomic E-state index is 0.177. The van der Waals surface area contributed by atoms with Crippen LogP contribution in [-0.4, -0.2) is 11.1 Å². The molecule has 1 aliphatic rings. The molecule has 0 heterocycles. The normalized spacial score (nSPS) is 22.9. The zero-order chi connectivity index (χ0) is 10.1. The zero-order valence-electron chi connectivity index (χ0n) is 8.53. The second kappa shape index (κ2) is 3.62. The average molecular weight is 191 g/mol. The molecule has 2 unspecified atom stereocenters. The lowest BCUT2D eigenvalue weighted by atomic mass is 9.79. The van der Waals surface area contributed by atoms with Crippen LogP contribution in [0.15, 0.2) is 18.2 Å². The van der Waals surface area contributed by atoms with Crippen LogP contribution in [-0.2, 0) is 6.42 Å². The van der Waals surface area contributed by atoms with Gasteiger partial charge in [0, 0.05) is 6.04 Å². The Morgan fingerprint density at radius 2 is 2.29 bits per heavy atom. The fourth-order valence-corrected chi connectivity index (χ4v) is 2.41. The number of nitrogens with two attached hydrogens (primary N) is 1. The van der Waals surface area contributed by atoms with E-state index < -0.39 is 0 Å². The number of rotatable bonds is 1. The Morgan fingerprint density at radius 3 is 3.00 bits per heavy atom. The van der Waals surface area contributed by atoms with E-state index in [4.69, 9.17) is 5.73 Å². The number of hydrogen-bond acceptors (Lipinski definition) is 2. The Balaban J connectivity index is 2.44. The molecule has 2 atom stereocenters. The Kier molecular flexibility index (Phi) is 2.46. The molecule has 3 N–H and O–H groups in total. The Labute approximate surface area is 84.7 Å². The summed E-state index contributed by atoms with van der Waals surface area (Å²) in [6.45, 7) is 2.05. The molecule has 0 saturated carbocycles. The summed E-state index contributed by atoms with van der Waals surface area (Å²) in [4.78, 5) is 0. The SMILES string of the molecule is CC(N)C1CCCc2c(O)cccc21. The summed E-state index contributed by atoms with van der Waals surface area (Å²) in [6, 6.07) is 5.95. The molecule has 1 aliphatic carbocycles.